The molecule has 1 saturated carbocycles. The molecule has 4 nitrogen and oxygen atoms in total. The fourth-order valence-corrected chi connectivity index (χ4v) is 4.02. The van der Waals surface area contributed by atoms with Gasteiger partial charge < -0.3 is 15.7 Å². The number of carbonyl (C=O) groups excluding carboxylic acids is 1. The van der Waals surface area contributed by atoms with Crippen LogP contribution in [0.5, 0.6) is 0 Å². The summed E-state index contributed by atoms with van der Waals surface area (Å²) in [7, 11) is 0. The lowest BCUT2D eigenvalue weighted by molar-refractivity contribution is -0.122. The Hall–Kier alpha value is -2.17. The van der Waals surface area contributed by atoms with Crippen LogP contribution in [-0.2, 0) is 4.79 Å². The van der Waals surface area contributed by atoms with Crippen LogP contribution in [-0.4, -0.2) is 36.8 Å². The molecule has 1 atom stereocenters. The molecule has 3 N–H and O–H groups in total. The quantitative estimate of drug-likeness (QED) is 0.624. The van der Waals surface area contributed by atoms with E-state index < -0.39 is 6.10 Å². The van der Waals surface area contributed by atoms with Gasteiger partial charge in [-0.05, 0) is 36.4 Å². The summed E-state index contributed by atoms with van der Waals surface area (Å²) in [5.74, 6) is 0.282. The maximum atomic E-state index is 12.9. The predicted molar refractivity (Wildman–Crippen MR) is 113 cm³/mol. The van der Waals surface area contributed by atoms with Crippen LogP contribution in [0.25, 0.3) is 0 Å². The van der Waals surface area contributed by atoms with Crippen LogP contribution in [0.4, 0.5) is 0 Å². The third kappa shape index (κ3) is 6.18. The number of benzene rings is 2. The Bertz CT molecular complexity index is 660. The minimum atomic E-state index is -0.584. The van der Waals surface area contributed by atoms with Gasteiger partial charge in [-0.15, -0.1) is 0 Å². The average molecular weight is 381 g/mol. The van der Waals surface area contributed by atoms with Crippen LogP contribution in [0.3, 0.4) is 0 Å². The molecule has 2 aromatic carbocycles. The first-order valence-electron chi connectivity index (χ1n) is 10.5. The summed E-state index contributed by atoms with van der Waals surface area (Å²) in [5, 5.41) is 16.6. The zero-order valence-corrected chi connectivity index (χ0v) is 16.5. The van der Waals surface area contributed by atoms with Crippen molar-refractivity contribution < 1.29 is 9.90 Å². The summed E-state index contributed by atoms with van der Waals surface area (Å²) >= 11 is 0. The van der Waals surface area contributed by atoms with E-state index in [0.717, 1.165) is 23.6 Å². The summed E-state index contributed by atoms with van der Waals surface area (Å²) in [6.45, 7) is 1.73. The first kappa shape index (κ1) is 20.6. The van der Waals surface area contributed by atoms with Crippen molar-refractivity contribution >= 4 is 5.91 Å². The highest BCUT2D eigenvalue weighted by Crippen LogP contribution is 2.25. The van der Waals surface area contributed by atoms with E-state index in [1.165, 1.54) is 32.1 Å². The largest absolute Gasteiger partial charge is 0.390 e. The summed E-state index contributed by atoms with van der Waals surface area (Å²) in [6.07, 6.45) is 6.00. The fraction of sp³-hybridized carbons (Fsp3) is 0.458. The van der Waals surface area contributed by atoms with Crippen LogP contribution in [0.2, 0.25) is 0 Å². The molecule has 1 aliphatic rings. The Morgan fingerprint density at radius 3 is 2.04 bits per heavy atom. The molecule has 0 spiro atoms. The van der Waals surface area contributed by atoms with Crippen molar-refractivity contribution in [3.8, 4) is 0 Å². The van der Waals surface area contributed by atoms with Crippen LogP contribution < -0.4 is 10.6 Å². The molecule has 0 heterocycles. The van der Waals surface area contributed by atoms with E-state index in [-0.39, 0.29) is 18.4 Å². The second kappa shape index (κ2) is 11.0. The molecule has 1 aliphatic carbocycles. The Kier molecular flexibility index (Phi) is 8.07. The highest BCUT2D eigenvalue weighted by Gasteiger charge is 2.23. The lowest BCUT2D eigenvalue weighted by Gasteiger charge is -2.23. The first-order chi connectivity index (χ1) is 13.7. The van der Waals surface area contributed by atoms with E-state index in [1.807, 2.05) is 60.7 Å². The van der Waals surface area contributed by atoms with Gasteiger partial charge in [-0.1, -0.05) is 79.9 Å². The third-order valence-corrected chi connectivity index (χ3v) is 5.58. The molecule has 28 heavy (non-hydrogen) atoms. The van der Waals surface area contributed by atoms with Gasteiger partial charge >= 0.3 is 0 Å². The highest BCUT2D eigenvalue weighted by molar-refractivity contribution is 5.87. The van der Waals surface area contributed by atoms with Gasteiger partial charge in [0.25, 0.3) is 0 Å². The molecule has 0 bridgehead atoms. The number of aliphatic hydroxyl groups excluding tert-OH is 1. The van der Waals surface area contributed by atoms with Crippen LogP contribution >= 0.6 is 0 Å². The molecule has 4 heteroatoms. The van der Waals surface area contributed by atoms with Crippen LogP contribution in [0.15, 0.2) is 60.7 Å². The second-order valence-corrected chi connectivity index (χ2v) is 7.82. The van der Waals surface area contributed by atoms with Crippen molar-refractivity contribution in [1.82, 2.24) is 10.6 Å². The fourth-order valence-electron chi connectivity index (χ4n) is 4.02. The maximum Gasteiger partial charge on any atom is 0.232 e. The number of hydrogen-bond donors (Lipinski definition) is 3. The number of amides is 1. The minimum absolute atomic E-state index is 0.0799. The van der Waals surface area contributed by atoms with E-state index in [1.54, 1.807) is 0 Å². The Balaban J connectivity index is 1.50. The normalized spacial score (nSPS) is 16.1. The zero-order valence-electron chi connectivity index (χ0n) is 16.5. The zero-order chi connectivity index (χ0) is 19.6. The minimum Gasteiger partial charge on any atom is -0.390 e. The molecule has 150 valence electrons. The van der Waals surface area contributed by atoms with E-state index in [9.17, 15) is 9.90 Å². The van der Waals surface area contributed by atoms with Gasteiger partial charge in [0.05, 0.1) is 12.0 Å². The Morgan fingerprint density at radius 2 is 1.46 bits per heavy atom. The first-order valence-corrected chi connectivity index (χ1v) is 10.5. The number of aliphatic hydroxyl groups is 1. The predicted octanol–water partition coefficient (Wildman–Crippen LogP) is 3.47. The van der Waals surface area contributed by atoms with Crippen molar-refractivity contribution in [1.29, 1.82) is 0 Å². The molecule has 0 aliphatic heterocycles. The van der Waals surface area contributed by atoms with Gasteiger partial charge in [-0.3, -0.25) is 4.79 Å². The Morgan fingerprint density at radius 1 is 0.893 bits per heavy atom. The topological polar surface area (TPSA) is 61.4 Å². The molecule has 0 radical (unpaired) electrons. The second-order valence-electron chi connectivity index (χ2n) is 7.82. The van der Waals surface area contributed by atoms with Crippen molar-refractivity contribution in [2.24, 2.45) is 5.92 Å². The molecule has 1 amide bonds. The van der Waals surface area contributed by atoms with Gasteiger partial charge in [-0.25, -0.2) is 0 Å². The lowest BCUT2D eigenvalue weighted by atomic mass is 9.89. The number of nitrogens with one attached hydrogen (secondary N) is 2. The Labute approximate surface area is 168 Å². The number of hydrogen-bond acceptors (Lipinski definition) is 3. The van der Waals surface area contributed by atoms with Crippen molar-refractivity contribution in [3.63, 3.8) is 0 Å². The average Bonchev–Trinajstić information content (AvgIpc) is 2.75. The lowest BCUT2D eigenvalue weighted by Crippen LogP contribution is -2.41. The summed E-state index contributed by atoms with van der Waals surface area (Å²) in [4.78, 5) is 12.9. The third-order valence-electron chi connectivity index (χ3n) is 5.58. The van der Waals surface area contributed by atoms with E-state index in [2.05, 4.69) is 10.6 Å². The van der Waals surface area contributed by atoms with Gasteiger partial charge in [0.2, 0.25) is 5.91 Å². The molecule has 2 aromatic rings. The SMILES string of the molecule is O=C(NC[C@@H](O)CNCC1CCCCC1)C(c1ccccc1)c1ccccc1. The van der Waals surface area contributed by atoms with Crippen molar-refractivity contribution in [3.05, 3.63) is 71.8 Å². The molecule has 0 aromatic heterocycles. The van der Waals surface area contributed by atoms with Crippen LogP contribution in [0.1, 0.15) is 49.1 Å². The van der Waals surface area contributed by atoms with Gasteiger partial charge in [0.1, 0.15) is 0 Å². The van der Waals surface area contributed by atoms with Crippen molar-refractivity contribution in [2.75, 3.05) is 19.6 Å². The monoisotopic (exact) mass is 380 g/mol. The molecular formula is C24H32N2O2. The van der Waals surface area contributed by atoms with Gasteiger partial charge in [0.15, 0.2) is 0 Å². The van der Waals surface area contributed by atoms with E-state index in [4.69, 9.17) is 0 Å². The molecule has 0 unspecified atom stereocenters. The van der Waals surface area contributed by atoms with E-state index >= 15 is 0 Å². The molecule has 1 fully saturated rings. The molecular weight excluding hydrogens is 348 g/mol. The number of rotatable bonds is 9. The standard InChI is InChI=1S/C24H32N2O2/c27-22(17-25-16-19-10-4-1-5-11-19)18-26-24(28)23(20-12-6-2-7-13-20)21-14-8-3-9-15-21/h2-3,6-9,12-15,19,22-23,25,27H,1,4-5,10-11,16-18H2,(H,26,28)/t22-/m0/s1. The van der Waals surface area contributed by atoms with Gasteiger partial charge in [-0.2, -0.15) is 0 Å². The smallest absolute Gasteiger partial charge is 0.232 e. The van der Waals surface area contributed by atoms with Crippen molar-refractivity contribution in [2.45, 2.75) is 44.1 Å². The molecule has 3 rings (SSSR count). The van der Waals surface area contributed by atoms with E-state index in [0.29, 0.717) is 6.54 Å². The number of carbonyl (C=O) groups is 1. The maximum absolute atomic E-state index is 12.9. The summed E-state index contributed by atoms with van der Waals surface area (Å²) < 4.78 is 0. The van der Waals surface area contributed by atoms with Gasteiger partial charge in [0, 0.05) is 13.1 Å². The molecule has 0 saturated heterocycles. The summed E-state index contributed by atoms with van der Waals surface area (Å²) in [6, 6.07) is 19.6. The summed E-state index contributed by atoms with van der Waals surface area (Å²) in [5.41, 5.74) is 1.91. The van der Waals surface area contributed by atoms with Crippen LogP contribution in [0, 0.1) is 5.92 Å². The highest BCUT2D eigenvalue weighted by atomic mass is 16.3.